The summed E-state index contributed by atoms with van der Waals surface area (Å²) in [5.74, 6) is 0.125. The van der Waals surface area contributed by atoms with Crippen molar-refractivity contribution in [2.75, 3.05) is 21.9 Å². The molecule has 0 aliphatic rings. The van der Waals surface area contributed by atoms with Gasteiger partial charge in [-0.25, -0.2) is 13.4 Å². The molecule has 138 valence electrons. The van der Waals surface area contributed by atoms with E-state index in [2.05, 4.69) is 29.9 Å². The Hall–Kier alpha value is -3.80. The number of benzene rings is 1. The Bertz CT molecular complexity index is 1060. The minimum atomic E-state index is -3.77. The lowest BCUT2D eigenvalue weighted by atomic mass is 10.3. The number of hydrogen-bond acceptors (Lipinski definition) is 10. The highest BCUT2D eigenvalue weighted by molar-refractivity contribution is 7.92. The predicted octanol–water partition coefficient (Wildman–Crippen LogP) is 1.83. The molecule has 1 aromatic carbocycles. The molecule has 0 aliphatic heterocycles. The first kappa shape index (κ1) is 18.0. The fourth-order valence-corrected chi connectivity index (χ4v) is 3.04. The number of anilines is 4. The van der Waals surface area contributed by atoms with Crippen LogP contribution in [-0.4, -0.2) is 23.4 Å². The topological polar surface area (TPSA) is 188 Å². The highest BCUT2D eigenvalue weighted by atomic mass is 32.2. The molecule has 12 heteroatoms. The molecule has 0 amide bonds. The van der Waals surface area contributed by atoms with Crippen molar-refractivity contribution in [3.63, 3.8) is 0 Å². The van der Waals surface area contributed by atoms with Crippen LogP contribution in [0.4, 0.5) is 34.8 Å². The second-order valence-electron chi connectivity index (χ2n) is 5.22. The summed E-state index contributed by atoms with van der Waals surface area (Å²) in [6, 6.07) is 10.6. The lowest BCUT2D eigenvalue weighted by molar-refractivity contribution is 0.601. The fourth-order valence-electron chi connectivity index (χ4n) is 2.03. The second-order valence-corrected chi connectivity index (χ2v) is 6.90. The van der Waals surface area contributed by atoms with Gasteiger partial charge in [0, 0.05) is 6.20 Å². The van der Waals surface area contributed by atoms with Gasteiger partial charge in [0.2, 0.25) is 5.95 Å². The summed E-state index contributed by atoms with van der Waals surface area (Å²) in [7, 11) is -3.77. The Labute approximate surface area is 154 Å². The summed E-state index contributed by atoms with van der Waals surface area (Å²) in [5.41, 5.74) is 17.2. The van der Waals surface area contributed by atoms with E-state index in [0.29, 0.717) is 5.69 Å². The quantitative estimate of drug-likeness (QED) is 0.478. The molecule has 27 heavy (non-hydrogen) atoms. The van der Waals surface area contributed by atoms with Crippen LogP contribution in [0.25, 0.3) is 0 Å². The van der Waals surface area contributed by atoms with Crippen LogP contribution in [0.5, 0.6) is 0 Å². The zero-order valence-electron chi connectivity index (χ0n) is 13.8. The molecule has 3 aromatic rings. The molecule has 0 saturated heterocycles. The van der Waals surface area contributed by atoms with Gasteiger partial charge in [-0.1, -0.05) is 6.07 Å². The molecule has 2 heterocycles. The van der Waals surface area contributed by atoms with E-state index in [-0.39, 0.29) is 34.0 Å². The van der Waals surface area contributed by atoms with Gasteiger partial charge in [-0.2, -0.15) is 15.1 Å². The van der Waals surface area contributed by atoms with E-state index in [1.54, 1.807) is 18.2 Å². The molecule has 0 radical (unpaired) electrons. The summed E-state index contributed by atoms with van der Waals surface area (Å²) in [6.45, 7) is 0. The van der Waals surface area contributed by atoms with Gasteiger partial charge in [-0.05, 0) is 36.4 Å². The third-order valence-corrected chi connectivity index (χ3v) is 4.64. The van der Waals surface area contributed by atoms with Crippen LogP contribution in [0.15, 0.2) is 63.8 Å². The first-order valence-corrected chi connectivity index (χ1v) is 8.97. The maximum atomic E-state index is 12.3. The molecule has 0 fully saturated rings. The first-order chi connectivity index (χ1) is 12.8. The molecule has 0 saturated carbocycles. The number of hydrogen-bond donors (Lipinski definition) is 4. The zero-order valence-corrected chi connectivity index (χ0v) is 14.6. The maximum absolute atomic E-state index is 12.3. The van der Waals surface area contributed by atoms with E-state index >= 15 is 0 Å². The van der Waals surface area contributed by atoms with Crippen LogP contribution in [-0.2, 0) is 10.0 Å². The molecular formula is C15H15N9O2S. The van der Waals surface area contributed by atoms with Crippen LogP contribution < -0.4 is 21.9 Å². The molecule has 0 spiro atoms. The van der Waals surface area contributed by atoms with Crippen molar-refractivity contribution >= 4 is 44.8 Å². The van der Waals surface area contributed by atoms with Gasteiger partial charge in [-0.3, -0.25) is 4.72 Å². The number of rotatable bonds is 5. The van der Waals surface area contributed by atoms with Gasteiger partial charge < -0.3 is 17.2 Å². The van der Waals surface area contributed by atoms with E-state index in [1.165, 1.54) is 30.5 Å². The van der Waals surface area contributed by atoms with Gasteiger partial charge in [0.15, 0.2) is 17.3 Å². The molecular weight excluding hydrogens is 370 g/mol. The van der Waals surface area contributed by atoms with Gasteiger partial charge in [-0.15, -0.1) is 5.11 Å². The first-order valence-electron chi connectivity index (χ1n) is 7.49. The fraction of sp³-hybridized carbons (Fsp3) is 0. The lowest BCUT2D eigenvalue weighted by Crippen LogP contribution is -2.13. The Morgan fingerprint density at radius 2 is 1.56 bits per heavy atom. The minimum Gasteiger partial charge on any atom is -0.382 e. The van der Waals surface area contributed by atoms with E-state index in [9.17, 15) is 8.42 Å². The number of azo groups is 1. The summed E-state index contributed by atoms with van der Waals surface area (Å²) in [4.78, 5) is 11.5. The molecule has 2 aromatic heterocycles. The van der Waals surface area contributed by atoms with Crippen molar-refractivity contribution in [2.45, 2.75) is 4.90 Å². The van der Waals surface area contributed by atoms with Gasteiger partial charge >= 0.3 is 0 Å². The maximum Gasteiger partial charge on any atom is 0.263 e. The summed E-state index contributed by atoms with van der Waals surface area (Å²) in [6.07, 6.45) is 1.49. The molecule has 7 N–H and O–H groups in total. The highest BCUT2D eigenvalue weighted by Gasteiger charge is 2.14. The van der Waals surface area contributed by atoms with Crippen LogP contribution in [0, 0.1) is 0 Å². The summed E-state index contributed by atoms with van der Waals surface area (Å²) >= 11 is 0. The highest BCUT2D eigenvalue weighted by Crippen LogP contribution is 2.29. The standard InChI is InChI=1S/C15H15N9O2S/c16-13-12(14(17)21-15(18)20-13)23-22-9-4-6-10(7-5-9)27(25,26)24-11-3-1-2-8-19-11/h1-8H,(H,19,24)(H6,16,17,18,20,21). The van der Waals surface area contributed by atoms with Crippen molar-refractivity contribution in [3.05, 3.63) is 48.7 Å². The Balaban J connectivity index is 1.79. The summed E-state index contributed by atoms with van der Waals surface area (Å²) < 4.78 is 27.1. The van der Waals surface area contributed by atoms with Crippen LogP contribution in [0.2, 0.25) is 0 Å². The molecule has 11 nitrogen and oxygen atoms in total. The number of pyridine rings is 1. The Kier molecular flexibility index (Phi) is 4.81. The third kappa shape index (κ3) is 4.24. The van der Waals surface area contributed by atoms with Crippen LogP contribution in [0.1, 0.15) is 0 Å². The van der Waals surface area contributed by atoms with Crippen molar-refractivity contribution < 1.29 is 8.42 Å². The molecule has 0 aliphatic carbocycles. The number of nitrogens with zero attached hydrogens (tertiary/aromatic N) is 5. The molecule has 0 bridgehead atoms. The largest absolute Gasteiger partial charge is 0.382 e. The SMILES string of the molecule is Nc1nc(N)c(N=Nc2ccc(S(=O)(=O)Nc3ccccn3)cc2)c(N)n1. The van der Waals surface area contributed by atoms with Crippen molar-refractivity contribution in [1.29, 1.82) is 0 Å². The van der Waals surface area contributed by atoms with E-state index < -0.39 is 10.0 Å². The normalized spacial score (nSPS) is 11.6. The van der Waals surface area contributed by atoms with Gasteiger partial charge in [0.25, 0.3) is 10.0 Å². The number of nitrogens with one attached hydrogen (secondary N) is 1. The number of nitrogen functional groups attached to an aromatic ring is 3. The lowest BCUT2D eigenvalue weighted by Gasteiger charge is -2.07. The molecule has 3 rings (SSSR count). The van der Waals surface area contributed by atoms with Crippen molar-refractivity contribution in [2.24, 2.45) is 10.2 Å². The second kappa shape index (κ2) is 7.21. The van der Waals surface area contributed by atoms with Gasteiger partial charge in [0.05, 0.1) is 10.6 Å². The average Bonchev–Trinajstić information content (AvgIpc) is 2.61. The van der Waals surface area contributed by atoms with E-state index in [0.717, 1.165) is 0 Å². The number of sulfonamides is 1. The van der Waals surface area contributed by atoms with Crippen molar-refractivity contribution in [3.8, 4) is 0 Å². The Morgan fingerprint density at radius 3 is 2.15 bits per heavy atom. The molecule has 0 unspecified atom stereocenters. The van der Waals surface area contributed by atoms with Crippen LogP contribution in [0.3, 0.4) is 0 Å². The number of aromatic nitrogens is 3. The average molecular weight is 385 g/mol. The molecule has 0 atom stereocenters. The third-order valence-electron chi connectivity index (χ3n) is 3.27. The zero-order chi connectivity index (χ0) is 19.4. The van der Waals surface area contributed by atoms with E-state index in [1.807, 2.05) is 0 Å². The monoisotopic (exact) mass is 385 g/mol. The smallest absolute Gasteiger partial charge is 0.263 e. The Morgan fingerprint density at radius 1 is 0.889 bits per heavy atom. The van der Waals surface area contributed by atoms with Gasteiger partial charge in [0.1, 0.15) is 5.82 Å². The van der Waals surface area contributed by atoms with Crippen molar-refractivity contribution in [1.82, 2.24) is 15.0 Å². The summed E-state index contributed by atoms with van der Waals surface area (Å²) in [5, 5.41) is 7.85. The predicted molar refractivity (Wildman–Crippen MR) is 101 cm³/mol. The van der Waals surface area contributed by atoms with Crippen LogP contribution >= 0.6 is 0 Å². The number of nitrogens with two attached hydrogens (primary N) is 3. The minimum absolute atomic E-state index is 0.0116. The van der Waals surface area contributed by atoms with E-state index in [4.69, 9.17) is 17.2 Å².